The Morgan fingerprint density at radius 3 is 0.743 bits per heavy atom. The molecule has 0 aliphatic carbocycles. The van der Waals surface area contributed by atoms with Gasteiger partial charge in [0.2, 0.25) is 17.1 Å². The van der Waals surface area contributed by atoms with Crippen molar-refractivity contribution in [1.29, 1.82) is 0 Å². The van der Waals surface area contributed by atoms with Gasteiger partial charge in [-0.2, -0.15) is 15.0 Å². The van der Waals surface area contributed by atoms with E-state index in [0.717, 1.165) is 144 Å². The van der Waals surface area contributed by atoms with Crippen LogP contribution in [0.3, 0.4) is 0 Å². The predicted molar refractivity (Wildman–Crippen MR) is 591 cm³/mol. The van der Waals surface area contributed by atoms with Crippen LogP contribution >= 0.6 is 0 Å². The Bertz CT molecular complexity index is 10000. The van der Waals surface area contributed by atoms with Crippen molar-refractivity contribution in [2.75, 3.05) is 0 Å². The monoisotopic (exact) mass is 1840 g/mol. The molecule has 0 atom stereocenters. The first kappa shape index (κ1) is 83.8. The van der Waals surface area contributed by atoms with Gasteiger partial charge in [0.15, 0.2) is 17.5 Å². The van der Waals surface area contributed by atoms with E-state index in [-0.39, 0.29) is 0 Å². The lowest BCUT2D eigenvalue weighted by atomic mass is 9.94. The molecule has 0 aliphatic rings. The van der Waals surface area contributed by atoms with Crippen LogP contribution in [0.15, 0.2) is 517 Å². The van der Waals surface area contributed by atoms with Crippen LogP contribution in [0.25, 0.3) is 272 Å². The third-order valence-electron chi connectivity index (χ3n) is 27.7. The highest BCUT2D eigenvalue weighted by atomic mass is 16.3. The average molecular weight is 1840 g/mol. The van der Waals surface area contributed by atoms with Gasteiger partial charge < -0.3 is 27.0 Å². The molecule has 0 aliphatic heterocycles. The molecule has 0 saturated heterocycles. The number of hydrogen-bond acceptors (Lipinski definition) is 9. The topological polar surface area (TPSA) is 132 Å². The predicted octanol–water partition coefficient (Wildman–Crippen LogP) is 34.8. The highest BCUT2D eigenvalue weighted by molar-refractivity contribution is 6.21. The fourth-order valence-electron chi connectivity index (χ4n) is 21.2. The molecule has 0 fully saturated rings. The van der Waals surface area contributed by atoms with Gasteiger partial charge in [-0.3, -0.25) is 0 Å². The third kappa shape index (κ3) is 14.7. The normalized spacial score (nSPS) is 11.6. The van der Waals surface area contributed by atoms with Gasteiger partial charge in [0.25, 0.3) is 0 Å². The molecule has 0 saturated carbocycles. The zero-order valence-electron chi connectivity index (χ0n) is 77.7. The molecular weight excluding hydrogens is 1760 g/mol. The Balaban J connectivity index is 0.000000108. The summed E-state index contributed by atoms with van der Waals surface area (Å²) in [6, 6.07) is 176. The summed E-state index contributed by atoms with van der Waals surface area (Å²) in [7, 11) is 0. The molecular formula is C132H83N9O3. The van der Waals surface area contributed by atoms with E-state index < -0.39 is 0 Å². The van der Waals surface area contributed by atoms with Gasteiger partial charge in [0, 0.05) is 98.9 Å². The van der Waals surface area contributed by atoms with Crippen molar-refractivity contribution >= 4 is 132 Å². The summed E-state index contributed by atoms with van der Waals surface area (Å²) in [6.45, 7) is 0. The Morgan fingerprint density at radius 2 is 0.389 bits per heavy atom. The fraction of sp³-hybridized carbons (Fsp3) is 0. The highest BCUT2D eigenvalue weighted by Gasteiger charge is 2.27. The molecule has 29 rings (SSSR count). The second-order valence-corrected chi connectivity index (χ2v) is 36.2. The molecule has 29 aromatic rings. The summed E-state index contributed by atoms with van der Waals surface area (Å²) in [6.07, 6.45) is 0. The summed E-state index contributed by atoms with van der Waals surface area (Å²) in [5, 5.41) is 13.2. The lowest BCUT2D eigenvalue weighted by molar-refractivity contribution is 0.653. The number of fused-ring (bicyclic) bond motifs is 18. The minimum absolute atomic E-state index is 0.585. The quantitative estimate of drug-likeness (QED) is 0.104. The van der Waals surface area contributed by atoms with E-state index in [9.17, 15) is 0 Å². The van der Waals surface area contributed by atoms with Gasteiger partial charge in [0.05, 0.1) is 66.3 Å². The fourth-order valence-corrected chi connectivity index (χ4v) is 21.2. The molecule has 9 aromatic heterocycles. The number of rotatable bonds is 14. The van der Waals surface area contributed by atoms with Crippen LogP contribution < -0.4 is 0 Å². The third-order valence-corrected chi connectivity index (χ3v) is 27.7. The van der Waals surface area contributed by atoms with Crippen molar-refractivity contribution in [3.05, 3.63) is 504 Å². The molecule has 0 radical (unpaired) electrons. The maximum Gasteiger partial charge on any atom is 0.231 e. The van der Waals surface area contributed by atoms with E-state index in [4.69, 9.17) is 43.2 Å². The lowest BCUT2D eigenvalue weighted by Crippen LogP contribution is -1.94. The van der Waals surface area contributed by atoms with E-state index in [2.05, 4.69) is 372 Å². The minimum atomic E-state index is 0.585. The van der Waals surface area contributed by atoms with Crippen LogP contribution in [-0.4, -0.2) is 43.6 Å². The summed E-state index contributed by atoms with van der Waals surface area (Å²) in [4.78, 5) is 30.3. The Labute approximate surface area is 826 Å². The molecule has 0 N–H and O–H groups in total. The number of aromatic nitrogens is 9. The molecule has 144 heavy (non-hydrogen) atoms. The van der Waals surface area contributed by atoms with Crippen LogP contribution in [0, 0.1) is 0 Å². The molecule has 0 bridgehead atoms. The van der Waals surface area contributed by atoms with Crippen LogP contribution in [0.1, 0.15) is 0 Å². The molecule has 9 heterocycles. The minimum Gasteiger partial charge on any atom is -0.438 e. The van der Waals surface area contributed by atoms with Gasteiger partial charge in [-0.15, -0.1) is 0 Å². The smallest absolute Gasteiger partial charge is 0.231 e. The second-order valence-electron chi connectivity index (χ2n) is 36.2. The van der Waals surface area contributed by atoms with Gasteiger partial charge in [-0.05, 0) is 177 Å². The van der Waals surface area contributed by atoms with E-state index in [1.165, 1.54) is 93.3 Å². The summed E-state index contributed by atoms with van der Waals surface area (Å²) in [5.41, 5.74) is 34.8. The lowest BCUT2D eigenvalue weighted by Gasteiger charge is -2.11. The first-order valence-electron chi connectivity index (χ1n) is 48.4. The van der Waals surface area contributed by atoms with Crippen molar-refractivity contribution < 1.29 is 13.3 Å². The molecule has 0 amide bonds. The van der Waals surface area contributed by atoms with Crippen molar-refractivity contribution in [2.45, 2.75) is 0 Å². The zero-order valence-corrected chi connectivity index (χ0v) is 77.7. The van der Waals surface area contributed by atoms with E-state index >= 15 is 0 Å². The van der Waals surface area contributed by atoms with Gasteiger partial charge in [-0.25, -0.2) is 15.0 Å². The molecule has 0 unspecified atom stereocenters. The van der Waals surface area contributed by atoms with Crippen molar-refractivity contribution in [2.24, 2.45) is 0 Å². The van der Waals surface area contributed by atoms with Gasteiger partial charge >= 0.3 is 0 Å². The molecule has 674 valence electrons. The highest BCUT2D eigenvalue weighted by Crippen LogP contribution is 2.48. The van der Waals surface area contributed by atoms with Crippen LogP contribution in [0.4, 0.5) is 0 Å². The number of nitrogens with zero attached hydrogens (tertiary/aromatic N) is 9. The van der Waals surface area contributed by atoms with Crippen LogP contribution in [-0.2, 0) is 0 Å². The maximum absolute atomic E-state index is 6.34. The Kier molecular flexibility index (Phi) is 20.6. The molecule has 20 aromatic carbocycles. The van der Waals surface area contributed by atoms with E-state index in [0.29, 0.717) is 34.6 Å². The van der Waals surface area contributed by atoms with Crippen LogP contribution in [0.2, 0.25) is 0 Å². The molecule has 0 spiro atoms. The largest absolute Gasteiger partial charge is 0.438 e. The first-order valence-corrected chi connectivity index (χ1v) is 48.4. The molecule has 12 heteroatoms. The number of para-hydroxylation sites is 8. The summed E-state index contributed by atoms with van der Waals surface area (Å²) in [5.74, 6) is 1.92. The second kappa shape index (κ2) is 35.5. The van der Waals surface area contributed by atoms with Crippen molar-refractivity contribution in [3.63, 3.8) is 0 Å². The molecule has 12 nitrogen and oxygen atoms in total. The van der Waals surface area contributed by atoms with E-state index in [1.807, 2.05) is 146 Å². The SMILES string of the molecule is c1ccc(-c2ccc3c(c2)c2c(-c4cccc(-c5nc(-c6ccccc6)nc6oc7ccccc7c56)c4)cccc2n3-c2ccccc2)cc1.c1ccc(-c2nc(-c3cccc(-c4cccc(-c5cccc6c5c5ccccc5n6-c5ccccc5)c4)c3)c3c(n2)oc2ccccc23)cc1.c1ccc(-c2nc(-c3cccc(-c4cccc5c4c4ccccc4n5-c4ccccc4)c3)c3c(n2)oc2ccccc23)cc1. The number of benzene rings is 20. The number of furan rings is 3. The summed E-state index contributed by atoms with van der Waals surface area (Å²) < 4.78 is 26.0. The standard InChI is InChI=1S/2C46H29N3O.C40H25N3O/c1-4-14-30(15-5-1)32-26-27-39-38(29-32)42-36(23-13-24-40(42)49(39)35-20-8-3-9-21-35)33-18-12-19-34(28-33)44-43-37-22-10-11-25-41(37)50-46(43)48-45(47-44)31-16-6-2-7-17-31;1-3-14-30(15-4-1)45-47-44(43-38-23-8-10-27-41(38)50-46(43)48-45)34-19-12-17-32(29-34)31-16-11-18-33(28-31)36-24-13-26-40-42(36)37-22-7-9-25-39(37)49(40)35-20-5-2-6-21-35;1-3-13-26(14-4-1)39-41-38(37-32-20-8-10-24-35(32)44-40(37)42-39)28-16-11-15-27(25-28)30-21-12-23-34-36(30)31-19-7-9-22-33(31)43(34)29-17-5-2-6-18-29/h2*1-29H;1-25H. The van der Waals surface area contributed by atoms with Crippen LogP contribution in [0.5, 0.6) is 0 Å². The van der Waals surface area contributed by atoms with E-state index in [1.54, 1.807) is 0 Å². The Hall–Kier alpha value is -19.6. The maximum atomic E-state index is 6.34. The van der Waals surface area contributed by atoms with Crippen molar-refractivity contribution in [1.82, 2.24) is 43.6 Å². The summed E-state index contributed by atoms with van der Waals surface area (Å²) >= 11 is 0. The van der Waals surface area contributed by atoms with Crippen molar-refractivity contribution in [3.8, 4) is 141 Å². The number of hydrogen-bond donors (Lipinski definition) is 0. The Morgan fingerprint density at radius 1 is 0.146 bits per heavy atom. The van der Waals surface area contributed by atoms with Gasteiger partial charge in [0.1, 0.15) is 16.7 Å². The average Bonchev–Trinajstić information content (AvgIpc) is 1.57. The zero-order chi connectivity index (χ0) is 95.1. The van der Waals surface area contributed by atoms with Gasteiger partial charge in [-0.1, -0.05) is 382 Å². The first-order chi connectivity index (χ1) is 71.4.